The number of carbonyl (C=O) groups is 1. The minimum Gasteiger partial charge on any atom is -0.299 e. The van der Waals surface area contributed by atoms with E-state index in [1.807, 2.05) is 11.6 Å². The molecule has 0 saturated heterocycles. The molecule has 0 fully saturated rings. The summed E-state index contributed by atoms with van der Waals surface area (Å²) in [6.45, 7) is 6.24. The molecule has 14 heavy (non-hydrogen) atoms. The Morgan fingerprint density at radius 1 is 1.36 bits per heavy atom. The minimum atomic E-state index is 0.347. The van der Waals surface area contributed by atoms with E-state index >= 15 is 0 Å². The predicted octanol–water partition coefficient (Wildman–Crippen LogP) is 1.83. The fourth-order valence-corrected chi connectivity index (χ4v) is 2.11. The summed E-state index contributed by atoms with van der Waals surface area (Å²) in [6, 6.07) is 0.350. The maximum Gasteiger partial charge on any atom is 0.139 e. The lowest BCUT2D eigenvalue weighted by Gasteiger charge is -2.15. The molecule has 3 heteroatoms. The van der Waals surface area contributed by atoms with Crippen molar-refractivity contribution < 1.29 is 4.79 Å². The smallest absolute Gasteiger partial charge is 0.139 e. The first-order valence-corrected chi connectivity index (χ1v) is 5.18. The fourth-order valence-electron chi connectivity index (χ4n) is 2.11. The molecule has 1 heterocycles. The summed E-state index contributed by atoms with van der Waals surface area (Å²) in [7, 11) is 0. The Labute approximate surface area is 84.1 Å². The number of hydrogen-bond acceptors (Lipinski definition) is 2. The summed E-state index contributed by atoms with van der Waals surface area (Å²) in [5, 5.41) is 4.49. The Hall–Kier alpha value is -1.12. The van der Waals surface area contributed by atoms with Gasteiger partial charge in [-0.2, -0.15) is 5.10 Å². The van der Waals surface area contributed by atoms with E-state index in [-0.39, 0.29) is 0 Å². The van der Waals surface area contributed by atoms with E-state index in [0.717, 1.165) is 17.8 Å². The molecular weight excluding hydrogens is 176 g/mol. The molecule has 0 radical (unpaired) electrons. The van der Waals surface area contributed by atoms with Gasteiger partial charge in [0, 0.05) is 24.6 Å². The highest BCUT2D eigenvalue weighted by Gasteiger charge is 2.23. The van der Waals surface area contributed by atoms with E-state index < -0.39 is 0 Å². The number of Topliss-reactive ketones (excluding diaryl/α,β-unsaturated/α-hetero) is 1. The lowest BCUT2D eigenvalue weighted by atomic mass is 9.95. The summed E-state index contributed by atoms with van der Waals surface area (Å²) in [6.07, 6.45) is 2.15. The normalized spacial score (nSPS) is 16.1. The van der Waals surface area contributed by atoms with Crippen LogP contribution >= 0.6 is 0 Å². The first-order valence-electron chi connectivity index (χ1n) is 5.18. The van der Waals surface area contributed by atoms with Crippen molar-refractivity contribution in [1.29, 1.82) is 0 Å². The first kappa shape index (κ1) is 9.44. The first-order chi connectivity index (χ1) is 6.59. The van der Waals surface area contributed by atoms with Crippen LogP contribution in [0.4, 0.5) is 0 Å². The Balaban J connectivity index is 2.50. The molecule has 0 atom stereocenters. The van der Waals surface area contributed by atoms with Crippen LogP contribution in [-0.2, 0) is 17.6 Å². The molecule has 3 nitrogen and oxygen atoms in total. The molecule has 1 aromatic rings. The molecular formula is C11H16N2O. The Bertz CT molecular complexity index is 377. The second-order valence-corrected chi connectivity index (χ2v) is 4.26. The quantitative estimate of drug-likeness (QED) is 0.680. The number of aromatic nitrogens is 2. The van der Waals surface area contributed by atoms with Crippen LogP contribution in [0.15, 0.2) is 0 Å². The van der Waals surface area contributed by atoms with E-state index in [1.54, 1.807) is 0 Å². The zero-order valence-corrected chi connectivity index (χ0v) is 9.00. The minimum absolute atomic E-state index is 0.347. The Morgan fingerprint density at radius 3 is 2.71 bits per heavy atom. The zero-order chi connectivity index (χ0) is 10.3. The third kappa shape index (κ3) is 1.37. The summed E-state index contributed by atoms with van der Waals surface area (Å²) in [5.41, 5.74) is 3.55. The summed E-state index contributed by atoms with van der Waals surface area (Å²) < 4.78 is 2.00. The van der Waals surface area contributed by atoms with Crippen LogP contribution in [0.2, 0.25) is 0 Å². The second-order valence-electron chi connectivity index (χ2n) is 4.26. The van der Waals surface area contributed by atoms with Crippen molar-refractivity contribution in [3.05, 3.63) is 17.0 Å². The highest BCUT2D eigenvalue weighted by Crippen LogP contribution is 2.24. The SMILES string of the molecule is Cc1nn(C(C)C)c2c1CCC(=O)C2. The highest BCUT2D eigenvalue weighted by atomic mass is 16.1. The lowest BCUT2D eigenvalue weighted by Crippen LogP contribution is -2.17. The molecule has 0 saturated carbocycles. The molecule has 0 aliphatic heterocycles. The van der Waals surface area contributed by atoms with Gasteiger partial charge in [-0.15, -0.1) is 0 Å². The highest BCUT2D eigenvalue weighted by molar-refractivity contribution is 5.82. The molecule has 76 valence electrons. The van der Waals surface area contributed by atoms with Crippen molar-refractivity contribution in [3.63, 3.8) is 0 Å². The maximum atomic E-state index is 11.4. The van der Waals surface area contributed by atoms with Gasteiger partial charge in [-0.1, -0.05) is 0 Å². The molecule has 0 amide bonds. The third-order valence-corrected chi connectivity index (χ3v) is 2.83. The average Bonchev–Trinajstić information content (AvgIpc) is 2.43. The van der Waals surface area contributed by atoms with Crippen LogP contribution in [0.5, 0.6) is 0 Å². The average molecular weight is 192 g/mol. The largest absolute Gasteiger partial charge is 0.299 e. The number of carbonyl (C=O) groups excluding carboxylic acids is 1. The molecule has 0 bridgehead atoms. The van der Waals surface area contributed by atoms with Gasteiger partial charge >= 0.3 is 0 Å². The molecule has 0 N–H and O–H groups in total. The van der Waals surface area contributed by atoms with Gasteiger partial charge in [-0.05, 0) is 32.8 Å². The van der Waals surface area contributed by atoms with Crippen molar-refractivity contribution in [3.8, 4) is 0 Å². The number of ketones is 1. The van der Waals surface area contributed by atoms with Gasteiger partial charge in [0.15, 0.2) is 0 Å². The molecule has 0 spiro atoms. The molecule has 0 unspecified atom stereocenters. The van der Waals surface area contributed by atoms with E-state index in [2.05, 4.69) is 18.9 Å². The van der Waals surface area contributed by atoms with Crippen LogP contribution < -0.4 is 0 Å². The number of fused-ring (bicyclic) bond motifs is 1. The fraction of sp³-hybridized carbons (Fsp3) is 0.636. The van der Waals surface area contributed by atoms with Crippen molar-refractivity contribution in [2.24, 2.45) is 0 Å². The standard InChI is InChI=1S/C11H16N2O/c1-7(2)13-11-6-9(14)4-5-10(11)8(3)12-13/h7H,4-6H2,1-3H3. The van der Waals surface area contributed by atoms with Gasteiger partial charge in [0.05, 0.1) is 5.69 Å². The van der Waals surface area contributed by atoms with Crippen molar-refractivity contribution in [2.75, 3.05) is 0 Å². The zero-order valence-electron chi connectivity index (χ0n) is 9.00. The third-order valence-electron chi connectivity index (χ3n) is 2.83. The van der Waals surface area contributed by atoms with Crippen molar-refractivity contribution >= 4 is 5.78 Å². The topological polar surface area (TPSA) is 34.9 Å². The van der Waals surface area contributed by atoms with Gasteiger partial charge in [0.1, 0.15) is 5.78 Å². The molecule has 2 rings (SSSR count). The van der Waals surface area contributed by atoms with Crippen LogP contribution in [0, 0.1) is 6.92 Å². The lowest BCUT2D eigenvalue weighted by molar-refractivity contribution is -0.118. The van der Waals surface area contributed by atoms with E-state index in [4.69, 9.17) is 0 Å². The summed E-state index contributed by atoms with van der Waals surface area (Å²) >= 11 is 0. The van der Waals surface area contributed by atoms with Gasteiger partial charge in [0.2, 0.25) is 0 Å². The predicted molar refractivity (Wildman–Crippen MR) is 54.4 cm³/mol. The summed E-state index contributed by atoms with van der Waals surface area (Å²) in [4.78, 5) is 11.4. The van der Waals surface area contributed by atoms with Crippen molar-refractivity contribution in [2.45, 2.75) is 46.1 Å². The van der Waals surface area contributed by atoms with Gasteiger partial charge < -0.3 is 0 Å². The van der Waals surface area contributed by atoms with Gasteiger partial charge in [-0.25, -0.2) is 0 Å². The number of hydrogen-bond donors (Lipinski definition) is 0. The number of rotatable bonds is 1. The Kier molecular flexibility index (Phi) is 2.17. The second kappa shape index (κ2) is 3.23. The number of nitrogens with zero attached hydrogens (tertiary/aromatic N) is 2. The number of aryl methyl sites for hydroxylation is 1. The van der Waals surface area contributed by atoms with E-state index in [1.165, 1.54) is 5.56 Å². The molecule has 0 aromatic carbocycles. The van der Waals surface area contributed by atoms with Gasteiger partial charge in [0.25, 0.3) is 0 Å². The van der Waals surface area contributed by atoms with Crippen molar-refractivity contribution in [1.82, 2.24) is 9.78 Å². The molecule has 1 aliphatic rings. The van der Waals surface area contributed by atoms with Crippen LogP contribution in [0.3, 0.4) is 0 Å². The summed E-state index contributed by atoms with van der Waals surface area (Å²) in [5.74, 6) is 0.347. The van der Waals surface area contributed by atoms with Crippen LogP contribution in [0.25, 0.3) is 0 Å². The van der Waals surface area contributed by atoms with Gasteiger partial charge in [-0.3, -0.25) is 9.48 Å². The van der Waals surface area contributed by atoms with Crippen LogP contribution in [0.1, 0.15) is 43.3 Å². The van der Waals surface area contributed by atoms with E-state index in [9.17, 15) is 4.79 Å². The van der Waals surface area contributed by atoms with E-state index in [0.29, 0.717) is 24.7 Å². The van der Waals surface area contributed by atoms with Crippen LogP contribution in [-0.4, -0.2) is 15.6 Å². The Morgan fingerprint density at radius 2 is 2.07 bits per heavy atom. The molecule has 1 aliphatic carbocycles. The monoisotopic (exact) mass is 192 g/mol. The molecule has 1 aromatic heterocycles. The maximum absolute atomic E-state index is 11.4.